The summed E-state index contributed by atoms with van der Waals surface area (Å²) in [5, 5.41) is 19.6. The molecule has 2 atom stereocenters. The van der Waals surface area contributed by atoms with Gasteiger partial charge in [-0.2, -0.15) is 0 Å². The Bertz CT molecular complexity index is 292. The van der Waals surface area contributed by atoms with Crippen molar-refractivity contribution >= 4 is 5.91 Å². The van der Waals surface area contributed by atoms with Gasteiger partial charge in [0, 0.05) is 6.42 Å². The van der Waals surface area contributed by atoms with Crippen molar-refractivity contribution in [3.05, 3.63) is 12.2 Å². The first-order valence-corrected chi connectivity index (χ1v) is 8.89. The normalized spacial score (nSPS) is 14.3. The predicted octanol–water partition coefficient (Wildman–Crippen LogP) is 3.45. The third kappa shape index (κ3) is 15.5. The van der Waals surface area contributed by atoms with Crippen LogP contribution in [0.5, 0.6) is 0 Å². The van der Waals surface area contributed by atoms with Crippen molar-refractivity contribution in [1.29, 1.82) is 0 Å². The van der Waals surface area contributed by atoms with Crippen LogP contribution in [0.25, 0.3) is 0 Å². The summed E-state index contributed by atoms with van der Waals surface area (Å²) in [6.07, 6.45) is 14.2. The van der Waals surface area contributed by atoms with E-state index in [9.17, 15) is 15.0 Å². The molecule has 130 valence electrons. The minimum absolute atomic E-state index is 0.265. The fraction of sp³-hybridized carbons (Fsp3) is 0.833. The summed E-state index contributed by atoms with van der Waals surface area (Å²) < 4.78 is 0. The molecular formula is C18H35NO3. The largest absolute Gasteiger partial charge is 0.389 e. The first kappa shape index (κ1) is 21.1. The summed E-state index contributed by atoms with van der Waals surface area (Å²) in [4.78, 5) is 10.6. The number of hydrogen-bond acceptors (Lipinski definition) is 3. The molecule has 0 fully saturated rings. The highest BCUT2D eigenvalue weighted by atomic mass is 16.3. The van der Waals surface area contributed by atoms with Gasteiger partial charge in [-0.3, -0.25) is 4.79 Å². The number of unbranched alkanes of at least 4 members (excludes halogenated alkanes) is 7. The molecule has 0 heterocycles. The third-order valence-corrected chi connectivity index (χ3v) is 3.83. The molecule has 0 aliphatic carbocycles. The molecule has 1 amide bonds. The fourth-order valence-electron chi connectivity index (χ4n) is 2.41. The highest BCUT2D eigenvalue weighted by Gasteiger charge is 2.03. The lowest BCUT2D eigenvalue weighted by Gasteiger charge is -2.08. The number of carbonyl (C=O) groups excluding carboxylic acids is 1. The summed E-state index contributed by atoms with van der Waals surface area (Å²) >= 11 is 0. The molecule has 0 bridgehead atoms. The van der Waals surface area contributed by atoms with E-state index < -0.39 is 12.2 Å². The van der Waals surface area contributed by atoms with Crippen LogP contribution >= 0.6 is 0 Å². The van der Waals surface area contributed by atoms with Gasteiger partial charge in [0.15, 0.2) is 0 Å². The van der Waals surface area contributed by atoms with Crippen LogP contribution in [0.4, 0.5) is 0 Å². The molecule has 0 aliphatic heterocycles. The van der Waals surface area contributed by atoms with E-state index in [4.69, 9.17) is 5.73 Å². The van der Waals surface area contributed by atoms with Gasteiger partial charge >= 0.3 is 0 Å². The third-order valence-electron chi connectivity index (χ3n) is 3.83. The molecule has 4 heteroatoms. The van der Waals surface area contributed by atoms with Crippen molar-refractivity contribution in [3.8, 4) is 0 Å². The number of carbonyl (C=O) groups is 1. The van der Waals surface area contributed by atoms with Gasteiger partial charge in [0.25, 0.3) is 0 Å². The van der Waals surface area contributed by atoms with Crippen molar-refractivity contribution in [3.63, 3.8) is 0 Å². The van der Waals surface area contributed by atoms with Crippen molar-refractivity contribution in [2.45, 2.75) is 96.2 Å². The lowest BCUT2D eigenvalue weighted by molar-refractivity contribution is -0.118. The summed E-state index contributed by atoms with van der Waals surface area (Å²) in [6, 6.07) is 0. The van der Waals surface area contributed by atoms with Gasteiger partial charge in [0.1, 0.15) is 0 Å². The van der Waals surface area contributed by atoms with Crippen LogP contribution in [0.3, 0.4) is 0 Å². The zero-order valence-electron chi connectivity index (χ0n) is 14.2. The molecule has 4 N–H and O–H groups in total. The molecule has 4 nitrogen and oxygen atoms in total. The Hall–Kier alpha value is -0.870. The van der Waals surface area contributed by atoms with E-state index in [1.54, 1.807) is 12.2 Å². The van der Waals surface area contributed by atoms with Crippen LogP contribution in [0, 0.1) is 0 Å². The molecule has 0 spiro atoms. The summed E-state index contributed by atoms with van der Waals surface area (Å²) in [6.45, 7) is 2.21. The van der Waals surface area contributed by atoms with E-state index in [0.29, 0.717) is 12.8 Å². The highest BCUT2D eigenvalue weighted by molar-refractivity contribution is 5.73. The van der Waals surface area contributed by atoms with Gasteiger partial charge in [-0.25, -0.2) is 0 Å². The van der Waals surface area contributed by atoms with Gasteiger partial charge < -0.3 is 15.9 Å². The molecular weight excluding hydrogens is 278 g/mol. The quantitative estimate of drug-likeness (QED) is 0.320. The zero-order valence-corrected chi connectivity index (χ0v) is 14.2. The Morgan fingerprint density at radius 1 is 0.864 bits per heavy atom. The Balaban J connectivity index is 3.52. The van der Waals surface area contributed by atoms with Gasteiger partial charge in [-0.05, 0) is 19.3 Å². The van der Waals surface area contributed by atoms with Crippen LogP contribution in [0.15, 0.2) is 12.2 Å². The van der Waals surface area contributed by atoms with E-state index in [-0.39, 0.29) is 5.91 Å². The van der Waals surface area contributed by atoms with E-state index in [2.05, 4.69) is 6.92 Å². The predicted molar refractivity (Wildman–Crippen MR) is 91.4 cm³/mol. The molecule has 0 rings (SSSR count). The summed E-state index contributed by atoms with van der Waals surface area (Å²) in [5.74, 6) is -0.265. The smallest absolute Gasteiger partial charge is 0.217 e. The number of amides is 1. The molecule has 0 saturated heterocycles. The number of nitrogens with two attached hydrogens (primary N) is 1. The van der Waals surface area contributed by atoms with E-state index >= 15 is 0 Å². The number of primary amides is 1. The average Bonchev–Trinajstić information content (AvgIpc) is 2.48. The van der Waals surface area contributed by atoms with Crippen LogP contribution in [0.1, 0.15) is 84.0 Å². The molecule has 2 unspecified atom stereocenters. The monoisotopic (exact) mass is 313 g/mol. The average molecular weight is 313 g/mol. The Labute approximate surface area is 135 Å². The second kappa shape index (κ2) is 15.0. The summed E-state index contributed by atoms with van der Waals surface area (Å²) in [7, 11) is 0. The van der Waals surface area contributed by atoms with Gasteiger partial charge in [0.05, 0.1) is 12.2 Å². The molecule has 0 aromatic carbocycles. The first-order chi connectivity index (χ1) is 10.6. The van der Waals surface area contributed by atoms with Crippen LogP contribution < -0.4 is 5.73 Å². The maximum Gasteiger partial charge on any atom is 0.217 e. The number of aliphatic hydroxyl groups is 2. The standard InChI is InChI=1S/C18H35NO3/c1-2-3-4-5-6-8-11-16(20)14-15-17(21)12-9-7-10-13-18(19)22/h14-17,20-21H,2-13H2,1H3,(H2,19,22). The lowest BCUT2D eigenvalue weighted by atomic mass is 10.1. The topological polar surface area (TPSA) is 83.6 Å². The Morgan fingerprint density at radius 3 is 1.82 bits per heavy atom. The molecule has 0 aromatic heterocycles. The SMILES string of the molecule is CCCCCCCCC(O)C=CC(O)CCCCCC(N)=O. The Kier molecular flexibility index (Phi) is 14.4. The highest BCUT2D eigenvalue weighted by Crippen LogP contribution is 2.10. The van der Waals surface area contributed by atoms with Crippen LogP contribution in [0.2, 0.25) is 0 Å². The summed E-state index contributed by atoms with van der Waals surface area (Å²) in [5.41, 5.74) is 5.06. The van der Waals surface area contributed by atoms with Gasteiger partial charge in [-0.15, -0.1) is 0 Å². The second-order valence-corrected chi connectivity index (χ2v) is 6.14. The minimum atomic E-state index is -0.507. The molecule has 22 heavy (non-hydrogen) atoms. The van der Waals surface area contributed by atoms with Crippen molar-refractivity contribution in [2.24, 2.45) is 5.73 Å². The van der Waals surface area contributed by atoms with E-state index in [1.165, 1.54) is 32.1 Å². The van der Waals surface area contributed by atoms with Crippen molar-refractivity contribution in [2.75, 3.05) is 0 Å². The van der Waals surface area contributed by atoms with E-state index in [1.807, 2.05) is 0 Å². The number of rotatable bonds is 15. The molecule has 0 aromatic rings. The Morgan fingerprint density at radius 2 is 1.32 bits per heavy atom. The van der Waals surface area contributed by atoms with Crippen molar-refractivity contribution in [1.82, 2.24) is 0 Å². The lowest BCUT2D eigenvalue weighted by Crippen LogP contribution is -2.10. The van der Waals surface area contributed by atoms with Crippen molar-refractivity contribution < 1.29 is 15.0 Å². The maximum absolute atomic E-state index is 10.6. The minimum Gasteiger partial charge on any atom is -0.389 e. The first-order valence-electron chi connectivity index (χ1n) is 8.89. The second-order valence-electron chi connectivity index (χ2n) is 6.14. The molecule has 0 radical (unpaired) electrons. The van der Waals surface area contributed by atoms with Gasteiger partial charge in [-0.1, -0.05) is 70.4 Å². The van der Waals surface area contributed by atoms with Gasteiger partial charge in [0.2, 0.25) is 5.91 Å². The van der Waals surface area contributed by atoms with Crippen LogP contribution in [-0.2, 0) is 4.79 Å². The number of aliphatic hydroxyl groups excluding tert-OH is 2. The zero-order chi connectivity index (χ0) is 16.6. The molecule has 0 saturated carbocycles. The fourth-order valence-corrected chi connectivity index (χ4v) is 2.41. The molecule has 0 aliphatic rings. The number of hydrogen-bond donors (Lipinski definition) is 3. The van der Waals surface area contributed by atoms with E-state index in [0.717, 1.165) is 32.1 Å². The maximum atomic E-state index is 10.6. The van der Waals surface area contributed by atoms with Crippen LogP contribution in [-0.4, -0.2) is 28.3 Å².